The standard InChI is InChI=1S/C21H21N3OS2/c1-14-11-12-24(18-9-5-6-10-19(18)27-14)20(25)13-26-21-16-7-3-4-8-17(16)22-15(2)23-21/h3-10,14H,11-13H2,1-2H3/t14-/m1/s1. The molecule has 27 heavy (non-hydrogen) atoms. The maximum absolute atomic E-state index is 13.1. The molecule has 0 radical (unpaired) electrons. The van der Waals surface area contributed by atoms with E-state index in [-0.39, 0.29) is 5.91 Å². The Balaban J connectivity index is 1.57. The van der Waals surface area contributed by atoms with Crippen LogP contribution in [0.15, 0.2) is 58.5 Å². The molecule has 1 amide bonds. The second kappa shape index (κ2) is 7.90. The summed E-state index contributed by atoms with van der Waals surface area (Å²) >= 11 is 3.35. The average Bonchev–Trinajstić information content (AvgIpc) is 2.84. The Morgan fingerprint density at radius 3 is 2.85 bits per heavy atom. The summed E-state index contributed by atoms with van der Waals surface area (Å²) in [5, 5.41) is 2.38. The van der Waals surface area contributed by atoms with Gasteiger partial charge < -0.3 is 4.90 Å². The molecule has 1 aliphatic rings. The molecule has 0 bridgehead atoms. The lowest BCUT2D eigenvalue weighted by atomic mass is 10.2. The first-order valence-corrected chi connectivity index (χ1v) is 10.9. The van der Waals surface area contributed by atoms with Gasteiger partial charge in [0.15, 0.2) is 0 Å². The summed E-state index contributed by atoms with van der Waals surface area (Å²) in [5.41, 5.74) is 1.95. The molecule has 0 saturated heterocycles. The van der Waals surface area contributed by atoms with Crippen molar-refractivity contribution in [1.29, 1.82) is 0 Å². The molecular formula is C21H21N3OS2. The van der Waals surface area contributed by atoms with Crippen LogP contribution in [0, 0.1) is 6.92 Å². The van der Waals surface area contributed by atoms with Crippen LogP contribution in [0.5, 0.6) is 0 Å². The van der Waals surface area contributed by atoms with Crippen LogP contribution < -0.4 is 4.90 Å². The number of aryl methyl sites for hydroxylation is 1. The van der Waals surface area contributed by atoms with Crippen LogP contribution in [0.1, 0.15) is 19.2 Å². The number of aromatic nitrogens is 2. The molecule has 2 aromatic carbocycles. The van der Waals surface area contributed by atoms with Crippen LogP contribution >= 0.6 is 23.5 Å². The number of hydrogen-bond donors (Lipinski definition) is 0. The van der Waals surface area contributed by atoms with Crippen molar-refractivity contribution in [3.8, 4) is 0 Å². The summed E-state index contributed by atoms with van der Waals surface area (Å²) in [6, 6.07) is 16.2. The zero-order chi connectivity index (χ0) is 18.8. The van der Waals surface area contributed by atoms with Gasteiger partial charge in [-0.3, -0.25) is 4.79 Å². The van der Waals surface area contributed by atoms with E-state index in [1.807, 2.05) is 66.1 Å². The molecule has 1 atom stereocenters. The van der Waals surface area contributed by atoms with E-state index in [4.69, 9.17) is 0 Å². The van der Waals surface area contributed by atoms with Crippen LogP contribution in [-0.2, 0) is 4.79 Å². The number of amides is 1. The van der Waals surface area contributed by atoms with E-state index in [1.165, 1.54) is 16.7 Å². The third-order valence-electron chi connectivity index (χ3n) is 4.56. The number of carbonyl (C=O) groups is 1. The van der Waals surface area contributed by atoms with Gasteiger partial charge >= 0.3 is 0 Å². The molecule has 4 rings (SSSR count). The molecule has 6 heteroatoms. The van der Waals surface area contributed by atoms with Gasteiger partial charge in [0.1, 0.15) is 10.9 Å². The van der Waals surface area contributed by atoms with Crippen LogP contribution in [0.2, 0.25) is 0 Å². The second-order valence-corrected chi connectivity index (χ2v) is 9.06. The van der Waals surface area contributed by atoms with Crippen molar-refractivity contribution in [2.75, 3.05) is 17.2 Å². The fraction of sp³-hybridized carbons (Fsp3) is 0.286. The van der Waals surface area contributed by atoms with E-state index in [2.05, 4.69) is 23.0 Å². The van der Waals surface area contributed by atoms with Gasteiger partial charge in [-0.15, -0.1) is 11.8 Å². The highest BCUT2D eigenvalue weighted by molar-refractivity contribution is 8.00. The maximum atomic E-state index is 13.1. The van der Waals surface area contributed by atoms with E-state index in [0.29, 0.717) is 11.0 Å². The number of anilines is 1. The topological polar surface area (TPSA) is 46.1 Å². The van der Waals surface area contributed by atoms with Gasteiger partial charge in [-0.25, -0.2) is 9.97 Å². The summed E-state index contributed by atoms with van der Waals surface area (Å²) in [7, 11) is 0. The molecule has 0 aliphatic carbocycles. The molecule has 1 aromatic heterocycles. The Kier molecular flexibility index (Phi) is 5.36. The number of fused-ring (bicyclic) bond motifs is 2. The maximum Gasteiger partial charge on any atom is 0.237 e. The molecule has 1 aliphatic heterocycles. The quantitative estimate of drug-likeness (QED) is 0.464. The Morgan fingerprint density at radius 2 is 1.96 bits per heavy atom. The van der Waals surface area contributed by atoms with Gasteiger partial charge in [0, 0.05) is 22.1 Å². The van der Waals surface area contributed by atoms with Gasteiger partial charge in [0.25, 0.3) is 0 Å². The highest BCUT2D eigenvalue weighted by atomic mass is 32.2. The van der Waals surface area contributed by atoms with Crippen LogP contribution in [0.25, 0.3) is 10.9 Å². The van der Waals surface area contributed by atoms with E-state index in [1.54, 1.807) is 0 Å². The largest absolute Gasteiger partial charge is 0.311 e. The smallest absolute Gasteiger partial charge is 0.237 e. The van der Waals surface area contributed by atoms with Crippen LogP contribution in [0.4, 0.5) is 5.69 Å². The first-order valence-electron chi connectivity index (χ1n) is 9.04. The monoisotopic (exact) mass is 395 g/mol. The lowest BCUT2D eigenvalue weighted by Gasteiger charge is -2.22. The number of hydrogen-bond acceptors (Lipinski definition) is 5. The number of rotatable bonds is 3. The third kappa shape index (κ3) is 3.96. The molecular weight excluding hydrogens is 374 g/mol. The summed E-state index contributed by atoms with van der Waals surface area (Å²) < 4.78 is 0. The Morgan fingerprint density at radius 1 is 1.19 bits per heavy atom. The van der Waals surface area contributed by atoms with Gasteiger partial charge in [-0.1, -0.05) is 49.0 Å². The Hall–Kier alpha value is -2.05. The number of thioether (sulfide) groups is 2. The molecule has 0 fully saturated rings. The minimum absolute atomic E-state index is 0.127. The lowest BCUT2D eigenvalue weighted by molar-refractivity contribution is -0.116. The van der Waals surface area contributed by atoms with Crippen molar-refractivity contribution in [2.45, 2.75) is 35.4 Å². The van der Waals surface area contributed by atoms with Gasteiger partial charge in [-0.05, 0) is 31.5 Å². The zero-order valence-corrected chi connectivity index (χ0v) is 17.0. The number of para-hydroxylation sites is 2. The highest BCUT2D eigenvalue weighted by Gasteiger charge is 2.24. The summed E-state index contributed by atoms with van der Waals surface area (Å²) in [4.78, 5) is 25.2. The Bertz CT molecular complexity index is 992. The van der Waals surface area contributed by atoms with Crippen molar-refractivity contribution in [3.05, 3.63) is 54.4 Å². The van der Waals surface area contributed by atoms with E-state index in [9.17, 15) is 4.79 Å². The van der Waals surface area contributed by atoms with Gasteiger partial charge in [0.05, 0.1) is 17.0 Å². The van der Waals surface area contributed by atoms with Crippen LogP contribution in [-0.4, -0.2) is 33.4 Å². The molecule has 4 nitrogen and oxygen atoms in total. The predicted molar refractivity (Wildman–Crippen MR) is 114 cm³/mol. The minimum Gasteiger partial charge on any atom is -0.311 e. The first kappa shape index (κ1) is 18.3. The van der Waals surface area contributed by atoms with Crippen molar-refractivity contribution in [1.82, 2.24) is 9.97 Å². The lowest BCUT2D eigenvalue weighted by Crippen LogP contribution is -2.33. The summed E-state index contributed by atoms with van der Waals surface area (Å²) in [5.74, 6) is 1.23. The van der Waals surface area contributed by atoms with Gasteiger partial charge in [0.2, 0.25) is 5.91 Å². The van der Waals surface area contributed by atoms with Crippen molar-refractivity contribution in [2.24, 2.45) is 0 Å². The number of benzene rings is 2. The molecule has 0 saturated carbocycles. The molecule has 0 N–H and O–H groups in total. The minimum atomic E-state index is 0.127. The normalized spacial score (nSPS) is 16.8. The highest BCUT2D eigenvalue weighted by Crippen LogP contribution is 2.37. The predicted octanol–water partition coefficient (Wildman–Crippen LogP) is 4.95. The molecule has 0 spiro atoms. The van der Waals surface area contributed by atoms with E-state index < -0.39 is 0 Å². The molecule has 3 aromatic rings. The fourth-order valence-electron chi connectivity index (χ4n) is 3.22. The van der Waals surface area contributed by atoms with E-state index in [0.717, 1.165) is 40.4 Å². The first-order chi connectivity index (χ1) is 13.1. The average molecular weight is 396 g/mol. The summed E-state index contributed by atoms with van der Waals surface area (Å²) in [6.07, 6.45) is 0.991. The Labute approximate surface area is 167 Å². The SMILES string of the molecule is Cc1nc(SCC(=O)N2CC[C@@H](C)Sc3ccccc32)c2ccccc2n1. The molecule has 2 heterocycles. The third-order valence-corrected chi connectivity index (χ3v) is 6.77. The molecule has 138 valence electrons. The van der Waals surface area contributed by atoms with Crippen molar-refractivity contribution in [3.63, 3.8) is 0 Å². The zero-order valence-electron chi connectivity index (χ0n) is 15.4. The summed E-state index contributed by atoms with van der Waals surface area (Å²) in [6.45, 7) is 4.87. The van der Waals surface area contributed by atoms with Crippen LogP contribution in [0.3, 0.4) is 0 Å². The number of nitrogens with zero attached hydrogens (tertiary/aromatic N) is 3. The second-order valence-electron chi connectivity index (χ2n) is 6.61. The number of carbonyl (C=O) groups excluding carboxylic acids is 1. The van der Waals surface area contributed by atoms with E-state index >= 15 is 0 Å². The fourth-order valence-corrected chi connectivity index (χ4v) is 5.28. The molecule has 0 unspecified atom stereocenters. The van der Waals surface area contributed by atoms with Gasteiger partial charge in [-0.2, -0.15) is 0 Å². The van der Waals surface area contributed by atoms with Crippen molar-refractivity contribution >= 4 is 46.0 Å². The van der Waals surface area contributed by atoms with Crippen molar-refractivity contribution < 1.29 is 4.79 Å².